The average molecular weight is 382 g/mol. The molecule has 1 N–H and O–H groups in total. The van der Waals surface area contributed by atoms with E-state index in [1.54, 1.807) is 0 Å². The summed E-state index contributed by atoms with van der Waals surface area (Å²) in [6.45, 7) is 17.2. The van der Waals surface area contributed by atoms with Crippen molar-refractivity contribution in [3.05, 3.63) is 30.3 Å². The molecule has 5 nitrogen and oxygen atoms in total. The van der Waals surface area contributed by atoms with Crippen LogP contribution in [-0.4, -0.2) is 39.3 Å². The Morgan fingerprint density at radius 3 is 2.12 bits per heavy atom. The number of hydrogen-bond acceptors (Lipinski definition) is 4. The van der Waals surface area contributed by atoms with E-state index in [2.05, 4.69) is 39.2 Å². The van der Waals surface area contributed by atoms with Crippen molar-refractivity contribution in [1.82, 2.24) is 5.32 Å². The van der Waals surface area contributed by atoms with E-state index in [4.69, 9.17) is 13.9 Å². The lowest BCUT2D eigenvalue weighted by atomic mass is 10.2. The van der Waals surface area contributed by atoms with Gasteiger partial charge < -0.3 is 19.2 Å². The highest BCUT2D eigenvalue weighted by Gasteiger charge is 2.37. The molecule has 26 heavy (non-hydrogen) atoms. The van der Waals surface area contributed by atoms with Gasteiger partial charge in [0.25, 0.3) is 0 Å². The van der Waals surface area contributed by atoms with Gasteiger partial charge >= 0.3 is 6.09 Å². The molecule has 1 aromatic carbocycles. The zero-order valence-corrected chi connectivity index (χ0v) is 18.5. The highest BCUT2D eigenvalue weighted by molar-refractivity contribution is 6.74. The van der Waals surface area contributed by atoms with E-state index in [9.17, 15) is 4.79 Å². The third-order valence-corrected chi connectivity index (χ3v) is 8.87. The van der Waals surface area contributed by atoms with Crippen molar-refractivity contribution < 1.29 is 18.7 Å². The summed E-state index contributed by atoms with van der Waals surface area (Å²) < 4.78 is 17.4. The minimum absolute atomic E-state index is 0.101. The monoisotopic (exact) mass is 381 g/mol. The molecule has 1 amide bonds. The number of carbonyl (C=O) groups is 1. The van der Waals surface area contributed by atoms with Crippen molar-refractivity contribution in [2.24, 2.45) is 0 Å². The third-order valence-electron chi connectivity index (χ3n) is 4.37. The van der Waals surface area contributed by atoms with E-state index in [-0.39, 0.29) is 11.1 Å². The predicted octanol–water partition coefficient (Wildman–Crippen LogP) is 4.98. The number of rotatable bonds is 7. The molecule has 6 heteroatoms. The number of carbonyl (C=O) groups excluding carboxylic acids is 1. The number of alkyl carbamates (subject to hydrolysis) is 1. The Morgan fingerprint density at radius 1 is 1.04 bits per heavy atom. The van der Waals surface area contributed by atoms with Crippen LogP contribution in [0.15, 0.2) is 30.3 Å². The Morgan fingerprint density at radius 2 is 1.62 bits per heavy atom. The van der Waals surface area contributed by atoms with Crippen molar-refractivity contribution in [3.8, 4) is 5.75 Å². The molecule has 0 bridgehead atoms. The standard InChI is InChI=1S/C20H35NO4Si/c1-19(2,3)25-18(22)21-16(14-23-17-12-10-9-11-13-17)15-24-26(7,8)20(4,5)6/h9-13,16H,14-15H2,1-8H3,(H,21,22)/t16-/m0/s1. The van der Waals surface area contributed by atoms with E-state index in [0.29, 0.717) is 13.2 Å². The lowest BCUT2D eigenvalue weighted by molar-refractivity contribution is 0.0461. The van der Waals surface area contributed by atoms with E-state index < -0.39 is 20.0 Å². The van der Waals surface area contributed by atoms with Crippen LogP contribution in [-0.2, 0) is 9.16 Å². The fourth-order valence-corrected chi connectivity index (χ4v) is 2.90. The number of hydrogen-bond donors (Lipinski definition) is 1. The van der Waals surface area contributed by atoms with Gasteiger partial charge in [-0.3, -0.25) is 0 Å². The first-order chi connectivity index (χ1) is 11.8. The lowest BCUT2D eigenvalue weighted by Crippen LogP contribution is -2.49. The number of amides is 1. The molecule has 0 fully saturated rings. The molecular weight excluding hydrogens is 346 g/mol. The first-order valence-corrected chi connectivity index (χ1v) is 12.0. The Labute approximate surface area is 159 Å². The number of ether oxygens (including phenoxy) is 2. The second-order valence-electron chi connectivity index (χ2n) is 9.04. The summed E-state index contributed by atoms with van der Waals surface area (Å²) in [5, 5.41) is 2.98. The first-order valence-electron chi connectivity index (χ1n) is 9.11. The van der Waals surface area contributed by atoms with E-state index in [0.717, 1.165) is 5.75 Å². The maximum Gasteiger partial charge on any atom is 0.408 e. The molecule has 0 aromatic heterocycles. The molecule has 1 aromatic rings. The third kappa shape index (κ3) is 8.23. The van der Waals surface area contributed by atoms with Gasteiger partial charge in [-0.2, -0.15) is 0 Å². The Kier molecular flexibility index (Phi) is 7.71. The van der Waals surface area contributed by atoms with E-state index in [1.807, 2.05) is 51.1 Å². The normalized spacial score (nSPS) is 13.8. The molecule has 0 aliphatic carbocycles. The van der Waals surface area contributed by atoms with Crippen LogP contribution in [0.4, 0.5) is 4.79 Å². The quantitative estimate of drug-likeness (QED) is 0.677. The Balaban J connectivity index is 2.72. The fraction of sp³-hybridized carbons (Fsp3) is 0.650. The molecule has 0 saturated heterocycles. The van der Waals surface area contributed by atoms with Gasteiger partial charge in [-0.15, -0.1) is 0 Å². The summed E-state index contributed by atoms with van der Waals surface area (Å²) in [5.74, 6) is 0.760. The smallest absolute Gasteiger partial charge is 0.408 e. The molecule has 1 rings (SSSR count). The highest BCUT2D eigenvalue weighted by Crippen LogP contribution is 2.36. The van der Waals surface area contributed by atoms with Gasteiger partial charge in [0.2, 0.25) is 0 Å². The van der Waals surface area contributed by atoms with Gasteiger partial charge in [0.15, 0.2) is 8.32 Å². The van der Waals surface area contributed by atoms with Gasteiger partial charge in [0, 0.05) is 0 Å². The van der Waals surface area contributed by atoms with Crippen molar-refractivity contribution >= 4 is 14.4 Å². The molecule has 0 spiro atoms. The van der Waals surface area contributed by atoms with E-state index in [1.165, 1.54) is 0 Å². The maximum absolute atomic E-state index is 12.2. The second kappa shape index (κ2) is 8.91. The summed E-state index contributed by atoms with van der Waals surface area (Å²) in [7, 11) is -1.92. The van der Waals surface area contributed by atoms with Gasteiger partial charge in [-0.1, -0.05) is 39.0 Å². The summed E-state index contributed by atoms with van der Waals surface area (Å²) in [6.07, 6.45) is -0.460. The Bertz CT molecular complexity index is 561. The number of para-hydroxylation sites is 1. The SMILES string of the molecule is CC(C)(C)OC(=O)N[C@@H](COc1ccccc1)CO[Si](C)(C)C(C)(C)C. The van der Waals surface area contributed by atoms with Crippen molar-refractivity contribution in [1.29, 1.82) is 0 Å². The van der Waals surface area contributed by atoms with Crippen molar-refractivity contribution in [3.63, 3.8) is 0 Å². The summed E-state index contributed by atoms with van der Waals surface area (Å²) in [6, 6.07) is 9.25. The largest absolute Gasteiger partial charge is 0.491 e. The predicted molar refractivity (Wildman–Crippen MR) is 108 cm³/mol. The molecule has 0 radical (unpaired) electrons. The van der Waals surface area contributed by atoms with Gasteiger partial charge in [0.05, 0.1) is 12.6 Å². The number of nitrogens with one attached hydrogen (secondary N) is 1. The zero-order chi connectivity index (χ0) is 20.0. The topological polar surface area (TPSA) is 56.8 Å². The molecule has 0 aliphatic rings. The van der Waals surface area contributed by atoms with Gasteiger partial charge in [-0.25, -0.2) is 4.79 Å². The van der Waals surface area contributed by atoms with Crippen LogP contribution in [0, 0.1) is 0 Å². The molecule has 1 atom stereocenters. The molecule has 148 valence electrons. The van der Waals surface area contributed by atoms with Gasteiger partial charge in [-0.05, 0) is 51.0 Å². The summed E-state index contributed by atoms with van der Waals surface area (Å²) >= 11 is 0. The second-order valence-corrected chi connectivity index (χ2v) is 13.8. The summed E-state index contributed by atoms with van der Waals surface area (Å²) in [5.41, 5.74) is -0.546. The first kappa shape index (κ1) is 22.5. The van der Waals surface area contributed by atoms with Crippen LogP contribution in [0.1, 0.15) is 41.5 Å². The van der Waals surface area contributed by atoms with Crippen LogP contribution < -0.4 is 10.1 Å². The molecule has 0 heterocycles. The Hall–Kier alpha value is -1.53. The van der Waals surface area contributed by atoms with Crippen LogP contribution >= 0.6 is 0 Å². The average Bonchev–Trinajstić information content (AvgIpc) is 2.48. The fourth-order valence-electron chi connectivity index (χ4n) is 1.84. The molecule has 0 unspecified atom stereocenters. The van der Waals surface area contributed by atoms with Crippen LogP contribution in [0.5, 0.6) is 5.75 Å². The lowest BCUT2D eigenvalue weighted by Gasteiger charge is -2.37. The van der Waals surface area contributed by atoms with Crippen molar-refractivity contribution in [2.45, 2.75) is 71.3 Å². The number of benzene rings is 1. The van der Waals surface area contributed by atoms with E-state index >= 15 is 0 Å². The minimum atomic E-state index is -1.92. The minimum Gasteiger partial charge on any atom is -0.491 e. The maximum atomic E-state index is 12.2. The van der Waals surface area contributed by atoms with Crippen LogP contribution in [0.25, 0.3) is 0 Å². The zero-order valence-electron chi connectivity index (χ0n) is 17.5. The van der Waals surface area contributed by atoms with Crippen LogP contribution in [0.2, 0.25) is 18.1 Å². The van der Waals surface area contributed by atoms with Crippen molar-refractivity contribution in [2.75, 3.05) is 13.2 Å². The van der Waals surface area contributed by atoms with Crippen LogP contribution in [0.3, 0.4) is 0 Å². The molecule has 0 saturated carbocycles. The molecule has 0 aliphatic heterocycles. The highest BCUT2D eigenvalue weighted by atomic mass is 28.4. The molecular formula is C20H35NO4Si. The summed E-state index contributed by atoms with van der Waals surface area (Å²) in [4.78, 5) is 12.2. The van der Waals surface area contributed by atoms with Gasteiger partial charge in [0.1, 0.15) is 18.0 Å².